The maximum atomic E-state index is 5.29. The molecule has 0 aliphatic heterocycles. The molecule has 1 aromatic carbocycles. The molecule has 0 bridgehead atoms. The van der Waals surface area contributed by atoms with E-state index in [1.54, 1.807) is 7.11 Å². The molecule has 3 heteroatoms. The van der Waals surface area contributed by atoms with Crippen molar-refractivity contribution in [1.29, 1.82) is 0 Å². The highest BCUT2D eigenvalue weighted by atomic mass is 32.1. The van der Waals surface area contributed by atoms with E-state index in [4.69, 9.17) is 17.7 Å². The zero-order chi connectivity index (χ0) is 9.03. The van der Waals surface area contributed by atoms with E-state index >= 15 is 0 Å². The van der Waals surface area contributed by atoms with Crippen molar-refractivity contribution in [3.05, 3.63) is 30.3 Å². The number of rotatable bonds is 3. The van der Waals surface area contributed by atoms with E-state index in [9.17, 15) is 0 Å². The van der Waals surface area contributed by atoms with Gasteiger partial charge in [-0.1, -0.05) is 22.3 Å². The molecule has 1 unspecified atom stereocenters. The van der Waals surface area contributed by atoms with Gasteiger partial charge < -0.3 is 0 Å². The molecule has 0 N–H and O–H groups in total. The van der Waals surface area contributed by atoms with E-state index < -0.39 is 0 Å². The molecule has 12 heavy (non-hydrogen) atoms. The summed E-state index contributed by atoms with van der Waals surface area (Å²) in [6.45, 7) is 2.75. The van der Waals surface area contributed by atoms with Gasteiger partial charge in [-0.15, -0.1) is 0 Å². The second-order valence-corrected chi connectivity index (χ2v) is 3.10. The number of benzene rings is 1. The molecular weight excluding hydrogens is 170 g/mol. The second kappa shape index (κ2) is 3.94. The summed E-state index contributed by atoms with van der Waals surface area (Å²) in [7, 11) is 1.63. The minimum absolute atomic E-state index is 0.112. The predicted molar refractivity (Wildman–Crippen MR) is 53.4 cm³/mol. The van der Waals surface area contributed by atoms with Gasteiger partial charge in [-0.2, -0.15) is 4.84 Å². The van der Waals surface area contributed by atoms with Gasteiger partial charge in [0, 0.05) is 12.1 Å². The average Bonchev–Trinajstić information content (AvgIpc) is 2.18. The summed E-state index contributed by atoms with van der Waals surface area (Å²) in [6.07, 6.45) is 0. The first-order valence-corrected chi connectivity index (χ1v) is 4.30. The van der Waals surface area contributed by atoms with Gasteiger partial charge in [0.2, 0.25) is 0 Å². The smallest absolute Gasteiger partial charge is 0.187 e. The van der Waals surface area contributed by atoms with Gasteiger partial charge in [0.25, 0.3) is 12.8 Å². The fourth-order valence-electron chi connectivity index (χ4n) is 1.07. The Kier molecular flexibility index (Phi) is 3.14. The number of hydroxylamine groups is 1. The molecule has 0 heterocycles. The number of para-hydroxylation sites is 1. The molecule has 1 aromatic rings. The lowest BCUT2D eigenvalue weighted by Gasteiger charge is -2.23. The van der Waals surface area contributed by atoms with Crippen LogP contribution in [0.15, 0.2) is 30.3 Å². The molecule has 0 saturated heterocycles. The Hall–Kier alpha value is -0.510. The maximum absolute atomic E-state index is 5.29. The standard InChI is InChI=1S/C9H13NOS/c1-3-10(12,11-2)9-7-5-4-6-8-9/h4-8H,3H2,1-2H3/q+1. The van der Waals surface area contributed by atoms with Crippen molar-refractivity contribution >= 4 is 18.5 Å². The first-order valence-electron chi connectivity index (χ1n) is 3.93. The summed E-state index contributed by atoms with van der Waals surface area (Å²) in [5.41, 5.74) is 0.998. The summed E-state index contributed by atoms with van der Waals surface area (Å²) in [4.78, 5) is 5.23. The first kappa shape index (κ1) is 9.58. The fraction of sp³-hybridized carbons (Fsp3) is 0.333. The molecule has 0 saturated carbocycles. The van der Waals surface area contributed by atoms with Crippen LogP contribution in [0.3, 0.4) is 0 Å². The van der Waals surface area contributed by atoms with Gasteiger partial charge in [0.05, 0.1) is 7.11 Å². The zero-order valence-electron chi connectivity index (χ0n) is 7.36. The molecule has 1 rings (SSSR count). The Morgan fingerprint density at radius 1 is 1.33 bits per heavy atom. The summed E-state index contributed by atoms with van der Waals surface area (Å²) in [5, 5.41) is 0. The van der Waals surface area contributed by atoms with Crippen molar-refractivity contribution in [2.45, 2.75) is 6.92 Å². The van der Waals surface area contributed by atoms with Crippen LogP contribution in [0.1, 0.15) is 6.92 Å². The van der Waals surface area contributed by atoms with Crippen LogP contribution in [0, 0.1) is 0 Å². The van der Waals surface area contributed by atoms with Crippen molar-refractivity contribution in [2.24, 2.45) is 0 Å². The molecule has 0 spiro atoms. The second-order valence-electron chi connectivity index (χ2n) is 2.51. The maximum Gasteiger partial charge on any atom is 0.256 e. The van der Waals surface area contributed by atoms with E-state index in [-0.39, 0.29) is 4.05 Å². The fourth-order valence-corrected chi connectivity index (χ4v) is 1.19. The molecule has 65 valence electrons. The lowest BCUT2D eigenvalue weighted by atomic mass is 10.3. The van der Waals surface area contributed by atoms with Crippen LogP contribution in [0.4, 0.5) is 5.69 Å². The Bertz CT molecular complexity index is 234. The van der Waals surface area contributed by atoms with E-state index in [1.165, 1.54) is 0 Å². The summed E-state index contributed by atoms with van der Waals surface area (Å²) in [6, 6.07) is 9.83. The third kappa shape index (κ3) is 1.80. The van der Waals surface area contributed by atoms with Crippen molar-refractivity contribution in [3.63, 3.8) is 0 Å². The van der Waals surface area contributed by atoms with Crippen molar-refractivity contribution < 1.29 is 4.84 Å². The average molecular weight is 183 g/mol. The molecule has 1 radical (unpaired) electrons. The Morgan fingerprint density at radius 3 is 2.33 bits per heavy atom. The molecule has 0 aliphatic carbocycles. The third-order valence-corrected chi connectivity index (χ3v) is 2.48. The number of hydrogen-bond donors (Lipinski definition) is 0. The molecule has 0 fully saturated rings. The topological polar surface area (TPSA) is 9.23 Å². The van der Waals surface area contributed by atoms with Crippen molar-refractivity contribution in [3.8, 4) is 0 Å². The summed E-state index contributed by atoms with van der Waals surface area (Å²) >= 11 is 5.29. The Morgan fingerprint density at radius 2 is 1.92 bits per heavy atom. The Balaban J connectivity index is 2.95. The van der Waals surface area contributed by atoms with Crippen LogP contribution in [-0.2, 0) is 4.84 Å². The van der Waals surface area contributed by atoms with Crippen LogP contribution < -0.4 is 4.05 Å². The van der Waals surface area contributed by atoms with Crippen molar-refractivity contribution in [2.75, 3.05) is 13.7 Å². The molecule has 0 aromatic heterocycles. The highest BCUT2D eigenvalue weighted by molar-refractivity contribution is 7.79. The summed E-state index contributed by atoms with van der Waals surface area (Å²) in [5.74, 6) is 0. The zero-order valence-corrected chi connectivity index (χ0v) is 8.17. The quantitative estimate of drug-likeness (QED) is 0.517. The van der Waals surface area contributed by atoms with Gasteiger partial charge in [-0.25, -0.2) is 0 Å². The molecule has 1 atom stereocenters. The number of nitrogens with zero attached hydrogens (tertiary/aromatic N) is 1. The van der Waals surface area contributed by atoms with E-state index in [0.29, 0.717) is 0 Å². The highest BCUT2D eigenvalue weighted by Crippen LogP contribution is 2.24. The largest absolute Gasteiger partial charge is 0.256 e. The Labute approximate surface area is 78.9 Å². The minimum atomic E-state index is 0.112. The summed E-state index contributed by atoms with van der Waals surface area (Å²) < 4.78 is 0.112. The van der Waals surface area contributed by atoms with Gasteiger partial charge in [0.15, 0.2) is 5.69 Å². The van der Waals surface area contributed by atoms with Gasteiger partial charge in [0.1, 0.15) is 6.54 Å². The molecular formula is C9H13NOS+. The van der Waals surface area contributed by atoms with Crippen LogP contribution >= 0.6 is 12.8 Å². The lowest BCUT2D eigenvalue weighted by Crippen LogP contribution is -2.37. The SMILES string of the molecule is CC[N+]([S])(OC)c1ccccc1. The molecule has 0 amide bonds. The van der Waals surface area contributed by atoms with Crippen LogP contribution in [0.5, 0.6) is 0 Å². The van der Waals surface area contributed by atoms with Gasteiger partial charge in [-0.05, 0) is 6.92 Å². The van der Waals surface area contributed by atoms with E-state index in [2.05, 4.69) is 0 Å². The van der Waals surface area contributed by atoms with Gasteiger partial charge in [-0.3, -0.25) is 0 Å². The van der Waals surface area contributed by atoms with Gasteiger partial charge >= 0.3 is 0 Å². The number of hydrogen-bond acceptors (Lipinski definition) is 1. The minimum Gasteiger partial charge on any atom is -0.187 e. The third-order valence-electron chi connectivity index (χ3n) is 1.86. The monoisotopic (exact) mass is 183 g/mol. The molecule has 0 aliphatic rings. The lowest BCUT2D eigenvalue weighted by molar-refractivity contribution is -0.0236. The first-order chi connectivity index (χ1) is 5.73. The molecule has 2 nitrogen and oxygen atoms in total. The highest BCUT2D eigenvalue weighted by Gasteiger charge is 2.26. The predicted octanol–water partition coefficient (Wildman–Crippen LogP) is 2.69. The van der Waals surface area contributed by atoms with Crippen LogP contribution in [0.25, 0.3) is 0 Å². The van der Waals surface area contributed by atoms with E-state index in [1.807, 2.05) is 37.3 Å². The van der Waals surface area contributed by atoms with Crippen molar-refractivity contribution in [1.82, 2.24) is 4.05 Å². The number of quaternary nitrogens is 1. The van der Waals surface area contributed by atoms with Crippen LogP contribution in [-0.4, -0.2) is 13.7 Å². The van der Waals surface area contributed by atoms with E-state index in [0.717, 1.165) is 12.2 Å². The normalized spacial score (nSPS) is 15.6. The van der Waals surface area contributed by atoms with Crippen LogP contribution in [0.2, 0.25) is 0 Å².